The highest BCUT2D eigenvalue weighted by atomic mass is 16.5. The second-order valence-corrected chi connectivity index (χ2v) is 4.69. The van der Waals surface area contributed by atoms with Gasteiger partial charge in [0.15, 0.2) is 17.8 Å². The predicted octanol–water partition coefficient (Wildman–Crippen LogP) is 3.53. The lowest BCUT2D eigenvalue weighted by atomic mass is 10.2. The number of rotatable bonds is 8. The van der Waals surface area contributed by atoms with Crippen LogP contribution in [0.25, 0.3) is 0 Å². The zero-order valence-corrected chi connectivity index (χ0v) is 12.9. The molecule has 2 aromatic carbocycles. The number of para-hydroxylation sites is 1. The Labute approximate surface area is 130 Å². The van der Waals surface area contributed by atoms with E-state index in [0.29, 0.717) is 30.3 Å². The van der Waals surface area contributed by atoms with Gasteiger partial charge in [0, 0.05) is 0 Å². The second kappa shape index (κ2) is 8.08. The van der Waals surface area contributed by atoms with Crippen LogP contribution in [0.3, 0.4) is 0 Å². The Bertz CT molecular complexity index is 605. The van der Waals surface area contributed by atoms with Gasteiger partial charge in [-0.15, -0.1) is 0 Å². The fraction of sp³-hybridized carbons (Fsp3) is 0.278. The maximum atomic E-state index is 11.0. The van der Waals surface area contributed by atoms with E-state index in [4.69, 9.17) is 14.2 Å². The quantitative estimate of drug-likeness (QED) is 0.552. The van der Waals surface area contributed by atoms with Crippen molar-refractivity contribution in [1.82, 2.24) is 0 Å². The smallest absolute Gasteiger partial charge is 0.171 e. The van der Waals surface area contributed by atoms with Crippen LogP contribution >= 0.6 is 0 Å². The SMILES string of the molecule is CCc1ccc(OCCOc2c(C=O)cccc2OC)cc1. The summed E-state index contributed by atoms with van der Waals surface area (Å²) in [5.41, 5.74) is 1.74. The zero-order valence-electron chi connectivity index (χ0n) is 12.9. The van der Waals surface area contributed by atoms with Crippen molar-refractivity contribution in [2.75, 3.05) is 20.3 Å². The molecule has 0 aliphatic carbocycles. The van der Waals surface area contributed by atoms with E-state index in [-0.39, 0.29) is 0 Å². The molecule has 0 unspecified atom stereocenters. The van der Waals surface area contributed by atoms with Gasteiger partial charge >= 0.3 is 0 Å². The minimum atomic E-state index is 0.330. The molecule has 0 aliphatic heterocycles. The molecule has 0 heterocycles. The molecule has 0 aliphatic rings. The van der Waals surface area contributed by atoms with Gasteiger partial charge in [0.25, 0.3) is 0 Å². The summed E-state index contributed by atoms with van der Waals surface area (Å²) in [4.78, 5) is 11.0. The molecule has 0 aromatic heterocycles. The summed E-state index contributed by atoms with van der Waals surface area (Å²) in [5.74, 6) is 1.79. The van der Waals surface area contributed by atoms with Gasteiger partial charge in [-0.3, -0.25) is 4.79 Å². The first-order valence-corrected chi connectivity index (χ1v) is 7.25. The lowest BCUT2D eigenvalue weighted by Gasteiger charge is -2.13. The second-order valence-electron chi connectivity index (χ2n) is 4.69. The van der Waals surface area contributed by atoms with Crippen molar-refractivity contribution in [2.24, 2.45) is 0 Å². The molecule has 2 aromatic rings. The Morgan fingerprint density at radius 2 is 1.73 bits per heavy atom. The van der Waals surface area contributed by atoms with Crippen molar-refractivity contribution >= 4 is 6.29 Å². The fourth-order valence-corrected chi connectivity index (χ4v) is 2.07. The number of aryl methyl sites for hydroxylation is 1. The van der Waals surface area contributed by atoms with Crippen molar-refractivity contribution in [1.29, 1.82) is 0 Å². The molecule has 22 heavy (non-hydrogen) atoms. The lowest BCUT2D eigenvalue weighted by molar-refractivity contribution is 0.111. The molecule has 4 heteroatoms. The summed E-state index contributed by atoms with van der Waals surface area (Å²) in [7, 11) is 1.54. The van der Waals surface area contributed by atoms with Gasteiger partial charge < -0.3 is 14.2 Å². The van der Waals surface area contributed by atoms with E-state index in [1.807, 2.05) is 24.3 Å². The number of aldehydes is 1. The van der Waals surface area contributed by atoms with E-state index in [2.05, 4.69) is 6.92 Å². The van der Waals surface area contributed by atoms with E-state index in [9.17, 15) is 4.79 Å². The maximum absolute atomic E-state index is 11.0. The van der Waals surface area contributed by atoms with Gasteiger partial charge in [-0.2, -0.15) is 0 Å². The Kier molecular flexibility index (Phi) is 5.83. The van der Waals surface area contributed by atoms with E-state index < -0.39 is 0 Å². The summed E-state index contributed by atoms with van der Waals surface area (Å²) in [5, 5.41) is 0. The Hall–Kier alpha value is -2.49. The topological polar surface area (TPSA) is 44.8 Å². The third-order valence-corrected chi connectivity index (χ3v) is 3.29. The summed E-state index contributed by atoms with van der Waals surface area (Å²) in [6, 6.07) is 13.2. The van der Waals surface area contributed by atoms with Crippen LogP contribution in [0.1, 0.15) is 22.8 Å². The molecular formula is C18H20O4. The van der Waals surface area contributed by atoms with Crippen LogP contribution in [0, 0.1) is 0 Å². The van der Waals surface area contributed by atoms with E-state index >= 15 is 0 Å². The van der Waals surface area contributed by atoms with Crippen LogP contribution in [0.15, 0.2) is 42.5 Å². The average Bonchev–Trinajstić information content (AvgIpc) is 2.59. The van der Waals surface area contributed by atoms with Crippen LogP contribution in [0.5, 0.6) is 17.2 Å². The van der Waals surface area contributed by atoms with Crippen molar-refractivity contribution in [2.45, 2.75) is 13.3 Å². The lowest BCUT2D eigenvalue weighted by Crippen LogP contribution is -2.10. The van der Waals surface area contributed by atoms with Crippen LogP contribution < -0.4 is 14.2 Å². The molecule has 0 atom stereocenters. The molecule has 0 saturated heterocycles. The van der Waals surface area contributed by atoms with Gasteiger partial charge in [0.2, 0.25) is 0 Å². The molecule has 4 nitrogen and oxygen atoms in total. The number of ether oxygens (including phenoxy) is 3. The minimum absolute atomic E-state index is 0.330. The van der Waals surface area contributed by atoms with Crippen LogP contribution in [-0.2, 0) is 6.42 Å². The fourth-order valence-electron chi connectivity index (χ4n) is 2.07. The third-order valence-electron chi connectivity index (χ3n) is 3.29. The highest BCUT2D eigenvalue weighted by molar-refractivity contribution is 5.81. The first kappa shape index (κ1) is 15.9. The summed E-state index contributed by atoms with van der Waals surface area (Å²) >= 11 is 0. The molecule has 2 rings (SSSR count). The number of carbonyl (C=O) groups is 1. The van der Waals surface area contributed by atoms with Gasteiger partial charge in [-0.05, 0) is 36.2 Å². The third kappa shape index (κ3) is 4.01. The number of methoxy groups -OCH3 is 1. The van der Waals surface area contributed by atoms with Crippen molar-refractivity contribution < 1.29 is 19.0 Å². The van der Waals surface area contributed by atoms with E-state index in [1.54, 1.807) is 25.3 Å². The molecule has 0 amide bonds. The first-order valence-electron chi connectivity index (χ1n) is 7.25. The van der Waals surface area contributed by atoms with Gasteiger partial charge in [0.05, 0.1) is 12.7 Å². The summed E-state index contributed by atoms with van der Waals surface area (Å²) in [6.07, 6.45) is 1.76. The number of hydrogen-bond acceptors (Lipinski definition) is 4. The highest BCUT2D eigenvalue weighted by Gasteiger charge is 2.09. The summed E-state index contributed by atoms with van der Waals surface area (Å²) in [6.45, 7) is 2.83. The normalized spacial score (nSPS) is 10.1. The van der Waals surface area contributed by atoms with Gasteiger partial charge in [-0.1, -0.05) is 25.1 Å². The standard InChI is InChI=1S/C18H20O4/c1-3-14-7-9-16(10-8-14)21-11-12-22-18-15(13-19)5-4-6-17(18)20-2/h4-10,13H,3,11-12H2,1-2H3. The highest BCUT2D eigenvalue weighted by Crippen LogP contribution is 2.29. The number of benzene rings is 2. The number of hydrogen-bond donors (Lipinski definition) is 0. The van der Waals surface area contributed by atoms with E-state index in [0.717, 1.165) is 18.5 Å². The number of carbonyl (C=O) groups excluding carboxylic acids is 1. The van der Waals surface area contributed by atoms with E-state index in [1.165, 1.54) is 5.56 Å². The average molecular weight is 300 g/mol. The Balaban J connectivity index is 1.89. The largest absolute Gasteiger partial charge is 0.493 e. The Morgan fingerprint density at radius 1 is 1.00 bits per heavy atom. The molecule has 0 saturated carbocycles. The van der Waals surface area contributed by atoms with Gasteiger partial charge in [-0.25, -0.2) is 0 Å². The monoisotopic (exact) mass is 300 g/mol. The first-order chi connectivity index (χ1) is 10.8. The van der Waals surface area contributed by atoms with Crippen LogP contribution in [0.2, 0.25) is 0 Å². The molecule has 0 radical (unpaired) electrons. The zero-order chi connectivity index (χ0) is 15.8. The van der Waals surface area contributed by atoms with Crippen molar-refractivity contribution in [3.63, 3.8) is 0 Å². The maximum Gasteiger partial charge on any atom is 0.171 e. The molecule has 116 valence electrons. The molecule has 0 fully saturated rings. The molecular weight excluding hydrogens is 280 g/mol. The summed E-state index contributed by atoms with van der Waals surface area (Å²) < 4.78 is 16.5. The predicted molar refractivity (Wildman–Crippen MR) is 85.2 cm³/mol. The van der Waals surface area contributed by atoms with Crippen LogP contribution in [0.4, 0.5) is 0 Å². The van der Waals surface area contributed by atoms with Crippen molar-refractivity contribution in [3.05, 3.63) is 53.6 Å². The van der Waals surface area contributed by atoms with Crippen molar-refractivity contribution in [3.8, 4) is 17.2 Å². The molecule has 0 spiro atoms. The van der Waals surface area contributed by atoms with Gasteiger partial charge in [0.1, 0.15) is 19.0 Å². The van der Waals surface area contributed by atoms with Crippen LogP contribution in [-0.4, -0.2) is 26.6 Å². The molecule has 0 bridgehead atoms. The Morgan fingerprint density at radius 3 is 2.36 bits per heavy atom. The minimum Gasteiger partial charge on any atom is -0.493 e. The molecule has 0 N–H and O–H groups in total.